The third-order valence-corrected chi connectivity index (χ3v) is 2.62. The number of benzene rings is 1. The van der Waals surface area contributed by atoms with Crippen LogP contribution in [0.1, 0.15) is 37.0 Å². The Morgan fingerprint density at radius 3 is 2.45 bits per heavy atom. The monoisotopic (exact) mass is 281 g/mol. The maximum atomic E-state index is 12.1. The number of para-hydroxylation sites is 1. The number of ether oxygens (including phenoxy) is 3. The van der Waals surface area contributed by atoms with Crippen LogP contribution in [0.5, 0.6) is 5.75 Å². The summed E-state index contributed by atoms with van der Waals surface area (Å²) < 4.78 is 16.3. The third-order valence-electron chi connectivity index (χ3n) is 2.62. The Morgan fingerprint density at radius 1 is 1.20 bits per heavy atom. The van der Waals surface area contributed by atoms with Crippen molar-refractivity contribution in [1.82, 2.24) is 0 Å². The molecular formula is C15H23NO4. The van der Waals surface area contributed by atoms with Crippen molar-refractivity contribution in [2.75, 3.05) is 19.8 Å². The Balaban J connectivity index is 2.80. The summed E-state index contributed by atoms with van der Waals surface area (Å²) in [5, 5.41) is 0. The molecule has 0 aliphatic carbocycles. The van der Waals surface area contributed by atoms with Crippen molar-refractivity contribution < 1.29 is 19.0 Å². The van der Waals surface area contributed by atoms with Crippen LogP contribution in [0.25, 0.3) is 0 Å². The molecule has 5 nitrogen and oxygen atoms in total. The van der Waals surface area contributed by atoms with Gasteiger partial charge in [0.1, 0.15) is 5.75 Å². The fourth-order valence-electron chi connectivity index (χ4n) is 1.69. The largest absolute Gasteiger partial charge is 0.440 e. The van der Waals surface area contributed by atoms with Gasteiger partial charge in [-0.25, -0.2) is 0 Å². The average molecular weight is 281 g/mol. The molecule has 2 N–H and O–H groups in total. The summed E-state index contributed by atoms with van der Waals surface area (Å²) in [6, 6.07) is 7.09. The topological polar surface area (TPSA) is 70.8 Å². The lowest BCUT2D eigenvalue weighted by atomic mass is 10.1. The van der Waals surface area contributed by atoms with E-state index in [4.69, 9.17) is 19.9 Å². The van der Waals surface area contributed by atoms with Crippen LogP contribution in [0.2, 0.25) is 0 Å². The average Bonchev–Trinajstić information content (AvgIpc) is 2.46. The van der Waals surface area contributed by atoms with Gasteiger partial charge >= 0.3 is 6.48 Å². The van der Waals surface area contributed by atoms with Gasteiger partial charge < -0.3 is 19.9 Å². The molecule has 0 radical (unpaired) electrons. The van der Waals surface area contributed by atoms with Gasteiger partial charge in [0.2, 0.25) is 0 Å². The molecule has 0 aliphatic heterocycles. The molecule has 0 saturated heterocycles. The van der Waals surface area contributed by atoms with E-state index >= 15 is 0 Å². The number of nitrogens with two attached hydrogens (primary N) is 1. The molecule has 0 spiro atoms. The molecule has 0 aliphatic rings. The lowest BCUT2D eigenvalue weighted by Crippen LogP contribution is -2.25. The van der Waals surface area contributed by atoms with Crippen molar-refractivity contribution >= 4 is 5.78 Å². The van der Waals surface area contributed by atoms with Gasteiger partial charge in [0, 0.05) is 6.42 Å². The van der Waals surface area contributed by atoms with E-state index in [-0.39, 0.29) is 5.78 Å². The number of hydrogen-bond donors (Lipinski definition) is 1. The van der Waals surface area contributed by atoms with Crippen molar-refractivity contribution in [3.05, 3.63) is 29.8 Å². The molecule has 0 heterocycles. The number of ketones is 1. The van der Waals surface area contributed by atoms with Crippen molar-refractivity contribution in [3.63, 3.8) is 0 Å². The van der Waals surface area contributed by atoms with Crippen LogP contribution < -0.4 is 10.5 Å². The van der Waals surface area contributed by atoms with Crippen molar-refractivity contribution in [1.29, 1.82) is 0 Å². The molecule has 1 aromatic rings. The van der Waals surface area contributed by atoms with Gasteiger partial charge in [-0.1, -0.05) is 12.1 Å². The maximum Gasteiger partial charge on any atom is 0.315 e. The summed E-state index contributed by atoms with van der Waals surface area (Å²) in [6.45, 7) is 4.34. The molecule has 0 unspecified atom stereocenters. The first-order valence-electron chi connectivity index (χ1n) is 6.95. The van der Waals surface area contributed by atoms with E-state index in [2.05, 4.69) is 0 Å². The zero-order valence-electron chi connectivity index (χ0n) is 12.1. The highest BCUT2D eigenvalue weighted by Gasteiger charge is 2.16. The highest BCUT2D eigenvalue weighted by atomic mass is 16.8. The van der Waals surface area contributed by atoms with Gasteiger partial charge in [0.25, 0.3) is 0 Å². The zero-order valence-corrected chi connectivity index (χ0v) is 12.1. The van der Waals surface area contributed by atoms with Gasteiger partial charge in [0.15, 0.2) is 5.78 Å². The van der Waals surface area contributed by atoms with Crippen LogP contribution in [0.4, 0.5) is 0 Å². The fourth-order valence-corrected chi connectivity index (χ4v) is 1.69. The summed E-state index contributed by atoms with van der Waals surface area (Å²) in [5.74, 6) is 0.485. The fraction of sp³-hybridized carbons (Fsp3) is 0.533. The Morgan fingerprint density at radius 2 is 1.85 bits per heavy atom. The standard InChI is InChI=1S/C15H23NO4/c1-3-18-15(19-4-2)20-14-10-6-5-8-12(14)13(17)9-7-11-16/h5-6,8,10,15H,3-4,7,9,11,16H2,1-2H3. The quantitative estimate of drug-likeness (QED) is 0.526. The second kappa shape index (κ2) is 9.47. The first-order valence-corrected chi connectivity index (χ1v) is 6.95. The number of carbonyl (C=O) groups is 1. The van der Waals surface area contributed by atoms with E-state index in [1.165, 1.54) is 0 Å². The van der Waals surface area contributed by atoms with Crippen molar-refractivity contribution in [2.45, 2.75) is 33.2 Å². The molecule has 1 aromatic carbocycles. The Hall–Kier alpha value is -1.43. The van der Waals surface area contributed by atoms with Crippen LogP contribution >= 0.6 is 0 Å². The molecule has 0 fully saturated rings. The Kier molecular flexibility index (Phi) is 7.87. The second-order valence-corrected chi connectivity index (χ2v) is 4.13. The summed E-state index contributed by atoms with van der Waals surface area (Å²) >= 11 is 0. The van der Waals surface area contributed by atoms with E-state index < -0.39 is 6.48 Å². The second-order valence-electron chi connectivity index (χ2n) is 4.13. The highest BCUT2D eigenvalue weighted by Crippen LogP contribution is 2.22. The van der Waals surface area contributed by atoms with Gasteiger partial charge in [-0.15, -0.1) is 0 Å². The maximum absolute atomic E-state index is 12.1. The normalized spacial score (nSPS) is 10.8. The minimum atomic E-state index is -0.798. The van der Waals surface area contributed by atoms with Gasteiger partial charge in [0.05, 0.1) is 18.8 Å². The van der Waals surface area contributed by atoms with Gasteiger partial charge in [-0.2, -0.15) is 0 Å². The van der Waals surface area contributed by atoms with Crippen molar-refractivity contribution in [3.8, 4) is 5.75 Å². The minimum Gasteiger partial charge on any atom is -0.440 e. The first-order chi connectivity index (χ1) is 9.72. The van der Waals surface area contributed by atoms with Gasteiger partial charge in [-0.05, 0) is 38.9 Å². The Labute approximate surface area is 120 Å². The molecule has 1 rings (SSSR count). The van der Waals surface area contributed by atoms with Crippen LogP contribution in [0.15, 0.2) is 24.3 Å². The van der Waals surface area contributed by atoms with Crippen LogP contribution in [-0.2, 0) is 9.47 Å². The SMILES string of the molecule is CCOC(OCC)Oc1ccccc1C(=O)CCCN. The highest BCUT2D eigenvalue weighted by molar-refractivity contribution is 5.98. The summed E-state index contributed by atoms with van der Waals surface area (Å²) in [4.78, 5) is 12.1. The number of hydrogen-bond acceptors (Lipinski definition) is 5. The van der Waals surface area contributed by atoms with E-state index in [0.717, 1.165) is 0 Å². The number of carbonyl (C=O) groups excluding carboxylic acids is 1. The molecule has 0 amide bonds. The molecular weight excluding hydrogens is 258 g/mol. The van der Waals surface area contributed by atoms with E-state index in [1.807, 2.05) is 19.9 Å². The predicted octanol–water partition coefficient (Wildman–Crippen LogP) is 2.34. The van der Waals surface area contributed by atoms with Crippen LogP contribution in [-0.4, -0.2) is 32.0 Å². The van der Waals surface area contributed by atoms with E-state index in [0.29, 0.717) is 43.9 Å². The molecule has 0 aromatic heterocycles. The molecule has 112 valence electrons. The minimum absolute atomic E-state index is 0.0118. The van der Waals surface area contributed by atoms with Crippen LogP contribution in [0.3, 0.4) is 0 Å². The third kappa shape index (κ3) is 5.28. The van der Waals surface area contributed by atoms with Gasteiger partial charge in [-0.3, -0.25) is 4.79 Å². The summed E-state index contributed by atoms with van der Waals surface area (Å²) in [5.41, 5.74) is 5.96. The molecule has 0 saturated carbocycles. The lowest BCUT2D eigenvalue weighted by Gasteiger charge is -2.19. The van der Waals surface area contributed by atoms with Crippen molar-refractivity contribution in [2.24, 2.45) is 5.73 Å². The molecule has 5 heteroatoms. The molecule has 0 atom stereocenters. The lowest BCUT2D eigenvalue weighted by molar-refractivity contribution is -0.242. The molecule has 0 bridgehead atoms. The smallest absolute Gasteiger partial charge is 0.315 e. The predicted molar refractivity (Wildman–Crippen MR) is 76.7 cm³/mol. The summed E-state index contributed by atoms with van der Waals surface area (Å²) in [6.07, 6.45) is 1.07. The Bertz CT molecular complexity index is 403. The van der Waals surface area contributed by atoms with E-state index in [9.17, 15) is 4.79 Å². The van der Waals surface area contributed by atoms with E-state index in [1.54, 1.807) is 18.2 Å². The summed E-state index contributed by atoms with van der Waals surface area (Å²) in [7, 11) is 0. The first kappa shape index (κ1) is 16.6. The number of Topliss-reactive ketones (excluding diaryl/α,β-unsaturated/α-hetero) is 1. The number of rotatable bonds is 10. The molecule has 20 heavy (non-hydrogen) atoms. The van der Waals surface area contributed by atoms with Crippen LogP contribution in [0, 0.1) is 0 Å². The zero-order chi connectivity index (χ0) is 14.8.